The van der Waals surface area contributed by atoms with Gasteiger partial charge in [0.05, 0.1) is 4.91 Å². The molecule has 0 unspecified atom stereocenters. The van der Waals surface area contributed by atoms with E-state index in [0.717, 1.165) is 29.8 Å². The number of aryl methyl sites for hydroxylation is 1. The standard InChI is InChI=1S/C17H12F4OS/c1-11-2-8-14(9-3-11)23-16(17(19,20)21)10-15(22)12-4-6-13(18)7-5-12/h2-10H,1H3/b16-10-. The van der Waals surface area contributed by atoms with Gasteiger partial charge in [-0.25, -0.2) is 4.39 Å². The summed E-state index contributed by atoms with van der Waals surface area (Å²) in [4.78, 5) is 11.3. The number of allylic oxidation sites excluding steroid dienone is 2. The molecule has 2 aromatic carbocycles. The van der Waals surface area contributed by atoms with Crippen molar-refractivity contribution in [2.45, 2.75) is 18.0 Å². The summed E-state index contributed by atoms with van der Waals surface area (Å²) in [7, 11) is 0. The van der Waals surface area contributed by atoms with Gasteiger partial charge in [-0.3, -0.25) is 4.79 Å². The molecule has 0 heterocycles. The normalized spacial score (nSPS) is 12.3. The molecule has 0 spiro atoms. The first-order valence-corrected chi connectivity index (χ1v) is 7.40. The largest absolute Gasteiger partial charge is 0.422 e. The molecule has 23 heavy (non-hydrogen) atoms. The van der Waals surface area contributed by atoms with Gasteiger partial charge in [-0.1, -0.05) is 29.5 Å². The number of alkyl halides is 3. The van der Waals surface area contributed by atoms with Crippen LogP contribution in [-0.2, 0) is 0 Å². The molecule has 1 nitrogen and oxygen atoms in total. The summed E-state index contributed by atoms with van der Waals surface area (Å²) in [5, 5.41) is 0. The number of hydrogen-bond acceptors (Lipinski definition) is 2. The van der Waals surface area contributed by atoms with Crippen molar-refractivity contribution in [1.82, 2.24) is 0 Å². The van der Waals surface area contributed by atoms with Gasteiger partial charge in [0.25, 0.3) is 0 Å². The van der Waals surface area contributed by atoms with Gasteiger partial charge in [-0.15, -0.1) is 0 Å². The fourth-order valence-electron chi connectivity index (χ4n) is 1.72. The Labute approximate surface area is 135 Å². The quantitative estimate of drug-likeness (QED) is 0.314. The van der Waals surface area contributed by atoms with Crippen molar-refractivity contribution in [2.24, 2.45) is 0 Å². The molecule has 0 atom stereocenters. The Morgan fingerprint density at radius 1 is 1.00 bits per heavy atom. The molecule has 0 amide bonds. The summed E-state index contributed by atoms with van der Waals surface area (Å²) >= 11 is 0.472. The topological polar surface area (TPSA) is 17.1 Å². The summed E-state index contributed by atoms with van der Waals surface area (Å²) in [6.45, 7) is 1.83. The number of carbonyl (C=O) groups excluding carboxylic acids is 1. The third kappa shape index (κ3) is 4.96. The summed E-state index contributed by atoms with van der Waals surface area (Å²) in [5.74, 6) is -1.38. The van der Waals surface area contributed by atoms with Gasteiger partial charge in [-0.05, 0) is 43.3 Å². The van der Waals surface area contributed by atoms with Crippen LogP contribution in [0.2, 0.25) is 0 Å². The maximum Gasteiger partial charge on any atom is 0.422 e. The molecule has 0 fully saturated rings. The lowest BCUT2D eigenvalue weighted by Crippen LogP contribution is -2.11. The molecule has 0 saturated heterocycles. The van der Waals surface area contributed by atoms with E-state index in [4.69, 9.17) is 0 Å². The molecule has 6 heteroatoms. The molecule has 0 radical (unpaired) electrons. The number of thioether (sulfide) groups is 1. The second-order valence-corrected chi connectivity index (χ2v) is 5.91. The van der Waals surface area contributed by atoms with E-state index in [1.165, 1.54) is 0 Å². The zero-order chi connectivity index (χ0) is 17.0. The van der Waals surface area contributed by atoms with Crippen molar-refractivity contribution in [3.63, 3.8) is 0 Å². The molecule has 0 aliphatic rings. The van der Waals surface area contributed by atoms with E-state index in [0.29, 0.717) is 22.7 Å². The summed E-state index contributed by atoms with van der Waals surface area (Å²) in [5.41, 5.74) is 0.923. The minimum absolute atomic E-state index is 0.00217. The van der Waals surface area contributed by atoms with Crippen LogP contribution in [0.5, 0.6) is 0 Å². The van der Waals surface area contributed by atoms with Crippen LogP contribution < -0.4 is 0 Å². The molecule has 0 N–H and O–H groups in total. The van der Waals surface area contributed by atoms with E-state index in [9.17, 15) is 22.4 Å². The van der Waals surface area contributed by atoms with E-state index >= 15 is 0 Å². The molecule has 0 aromatic heterocycles. The zero-order valence-corrected chi connectivity index (χ0v) is 12.8. The number of rotatable bonds is 4. The second-order valence-electron chi connectivity index (χ2n) is 4.79. The van der Waals surface area contributed by atoms with Gasteiger partial charge in [0, 0.05) is 16.5 Å². The molecule has 0 aliphatic carbocycles. The van der Waals surface area contributed by atoms with Gasteiger partial charge >= 0.3 is 6.18 Å². The number of hydrogen-bond donors (Lipinski definition) is 0. The highest BCUT2D eigenvalue weighted by atomic mass is 32.2. The highest BCUT2D eigenvalue weighted by Crippen LogP contribution is 2.39. The van der Waals surface area contributed by atoms with Crippen molar-refractivity contribution < 1.29 is 22.4 Å². The van der Waals surface area contributed by atoms with Crippen LogP contribution >= 0.6 is 11.8 Å². The van der Waals surface area contributed by atoms with Crippen LogP contribution in [0.1, 0.15) is 15.9 Å². The van der Waals surface area contributed by atoms with Crippen LogP contribution in [0.4, 0.5) is 17.6 Å². The molecular weight excluding hydrogens is 328 g/mol. The van der Waals surface area contributed by atoms with Crippen molar-refractivity contribution in [3.05, 3.63) is 76.5 Å². The van der Waals surface area contributed by atoms with Crippen molar-refractivity contribution >= 4 is 17.5 Å². The Bertz CT molecular complexity index is 716. The minimum atomic E-state index is -4.65. The summed E-state index contributed by atoms with van der Waals surface area (Å²) in [6, 6.07) is 10.9. The zero-order valence-electron chi connectivity index (χ0n) is 12.0. The Morgan fingerprint density at radius 2 is 1.57 bits per heavy atom. The second kappa shape index (κ2) is 7.00. The smallest absolute Gasteiger partial charge is 0.289 e. The monoisotopic (exact) mass is 340 g/mol. The van der Waals surface area contributed by atoms with Gasteiger partial charge in [0.1, 0.15) is 5.82 Å². The molecular formula is C17H12F4OS. The van der Waals surface area contributed by atoms with Gasteiger partial charge in [0.2, 0.25) is 0 Å². The molecule has 120 valence electrons. The predicted octanol–water partition coefficient (Wildman–Crippen LogP) is 5.56. The van der Waals surface area contributed by atoms with E-state index in [2.05, 4.69) is 0 Å². The van der Waals surface area contributed by atoms with E-state index in [-0.39, 0.29) is 5.56 Å². The number of ketones is 1. The van der Waals surface area contributed by atoms with E-state index in [1.54, 1.807) is 24.3 Å². The summed E-state index contributed by atoms with van der Waals surface area (Å²) < 4.78 is 52.2. The van der Waals surface area contributed by atoms with Crippen LogP contribution in [0, 0.1) is 12.7 Å². The number of carbonyl (C=O) groups is 1. The number of benzene rings is 2. The average Bonchev–Trinajstić information content (AvgIpc) is 2.48. The number of halogens is 4. The van der Waals surface area contributed by atoms with E-state index < -0.39 is 22.7 Å². The molecule has 0 saturated carbocycles. The molecule has 2 rings (SSSR count). The first-order chi connectivity index (χ1) is 10.8. The van der Waals surface area contributed by atoms with Crippen LogP contribution in [0.15, 0.2) is 64.4 Å². The third-order valence-corrected chi connectivity index (χ3v) is 4.00. The van der Waals surface area contributed by atoms with Crippen molar-refractivity contribution in [3.8, 4) is 0 Å². The maximum absolute atomic E-state index is 13.1. The highest BCUT2D eigenvalue weighted by Gasteiger charge is 2.35. The van der Waals surface area contributed by atoms with Gasteiger partial charge in [-0.2, -0.15) is 13.2 Å². The Hall–Kier alpha value is -2.08. The lowest BCUT2D eigenvalue weighted by atomic mass is 10.1. The van der Waals surface area contributed by atoms with Crippen LogP contribution in [0.3, 0.4) is 0 Å². The molecule has 2 aromatic rings. The van der Waals surface area contributed by atoms with Gasteiger partial charge in [0.15, 0.2) is 5.78 Å². The van der Waals surface area contributed by atoms with Crippen LogP contribution in [-0.4, -0.2) is 12.0 Å². The van der Waals surface area contributed by atoms with E-state index in [1.807, 2.05) is 6.92 Å². The fraction of sp³-hybridized carbons (Fsp3) is 0.118. The Morgan fingerprint density at radius 3 is 2.09 bits per heavy atom. The molecule has 0 bridgehead atoms. The fourth-order valence-corrected chi connectivity index (χ4v) is 2.53. The first-order valence-electron chi connectivity index (χ1n) is 6.59. The average molecular weight is 340 g/mol. The molecule has 0 aliphatic heterocycles. The SMILES string of the molecule is Cc1ccc(S/C(=C\C(=O)c2ccc(F)cc2)C(F)(F)F)cc1. The lowest BCUT2D eigenvalue weighted by molar-refractivity contribution is -0.0837. The lowest BCUT2D eigenvalue weighted by Gasteiger charge is -2.11. The van der Waals surface area contributed by atoms with Crippen LogP contribution in [0.25, 0.3) is 0 Å². The Kier molecular flexibility index (Phi) is 5.26. The van der Waals surface area contributed by atoms with Gasteiger partial charge < -0.3 is 0 Å². The third-order valence-electron chi connectivity index (χ3n) is 2.92. The van der Waals surface area contributed by atoms with Crippen molar-refractivity contribution in [1.29, 1.82) is 0 Å². The Balaban J connectivity index is 2.29. The highest BCUT2D eigenvalue weighted by molar-refractivity contribution is 8.03. The predicted molar refractivity (Wildman–Crippen MR) is 81.9 cm³/mol. The summed E-state index contributed by atoms with van der Waals surface area (Å²) in [6.07, 6.45) is -4.11. The van der Waals surface area contributed by atoms with Crippen molar-refractivity contribution in [2.75, 3.05) is 0 Å². The minimum Gasteiger partial charge on any atom is -0.289 e. The first kappa shape index (κ1) is 17.3. The maximum atomic E-state index is 13.1.